The van der Waals surface area contributed by atoms with Crippen molar-refractivity contribution in [3.63, 3.8) is 0 Å². The molecule has 3 aromatic rings. The van der Waals surface area contributed by atoms with E-state index in [1.165, 1.54) is 23.5 Å². The van der Waals surface area contributed by atoms with Crippen molar-refractivity contribution in [3.8, 4) is 0 Å². The average molecular weight is 492 g/mol. The summed E-state index contributed by atoms with van der Waals surface area (Å²) in [6.07, 6.45) is 1.89. The Morgan fingerprint density at radius 2 is 1.94 bits per heavy atom. The third-order valence-corrected chi connectivity index (χ3v) is 7.30. The molecule has 2 aromatic carbocycles. The number of likely N-dealkylation sites (tertiary alicyclic amines) is 1. The van der Waals surface area contributed by atoms with E-state index in [0.717, 1.165) is 47.9 Å². The second-order valence-electron chi connectivity index (χ2n) is 8.72. The van der Waals surface area contributed by atoms with Crippen molar-refractivity contribution in [1.82, 2.24) is 15.2 Å². The maximum absolute atomic E-state index is 13.1. The zero-order valence-electron chi connectivity index (χ0n) is 19.2. The Kier molecular flexibility index (Phi) is 6.85. The van der Waals surface area contributed by atoms with Crippen molar-refractivity contribution in [3.05, 3.63) is 81.6 Å². The molecule has 0 atom stereocenters. The highest BCUT2D eigenvalue weighted by atomic mass is 32.1. The first kappa shape index (κ1) is 23.2. The summed E-state index contributed by atoms with van der Waals surface area (Å²) in [4.78, 5) is 36.3. The lowest BCUT2D eigenvalue weighted by atomic mass is 9.97. The molecule has 7 nitrogen and oxygen atoms in total. The topological polar surface area (TPSA) is 86.7 Å². The quantitative estimate of drug-likeness (QED) is 0.549. The van der Waals surface area contributed by atoms with Crippen molar-refractivity contribution in [2.24, 2.45) is 4.99 Å². The molecule has 2 amide bonds. The molecule has 2 N–H and O–H groups in total. The van der Waals surface area contributed by atoms with Gasteiger partial charge in [0.25, 0.3) is 5.91 Å². The number of nitrogens with zero attached hydrogens (tertiary/aromatic N) is 3. The number of carbonyl (C=O) groups excluding carboxylic acids is 2. The van der Waals surface area contributed by atoms with Gasteiger partial charge in [0.05, 0.1) is 18.0 Å². The number of benzene rings is 2. The zero-order chi connectivity index (χ0) is 24.2. The Labute approximate surface area is 207 Å². The van der Waals surface area contributed by atoms with Gasteiger partial charge in [-0.2, -0.15) is 0 Å². The van der Waals surface area contributed by atoms with Gasteiger partial charge in [0.15, 0.2) is 0 Å². The Morgan fingerprint density at radius 3 is 2.69 bits per heavy atom. The van der Waals surface area contributed by atoms with Crippen LogP contribution in [-0.4, -0.2) is 53.7 Å². The van der Waals surface area contributed by atoms with Crippen LogP contribution in [0.25, 0.3) is 0 Å². The van der Waals surface area contributed by atoms with Gasteiger partial charge in [-0.05, 0) is 42.7 Å². The van der Waals surface area contributed by atoms with E-state index in [2.05, 4.69) is 20.6 Å². The molecule has 0 unspecified atom stereocenters. The van der Waals surface area contributed by atoms with Crippen LogP contribution in [0.1, 0.15) is 45.4 Å². The van der Waals surface area contributed by atoms with Gasteiger partial charge in [-0.1, -0.05) is 24.3 Å². The Morgan fingerprint density at radius 1 is 1.14 bits per heavy atom. The summed E-state index contributed by atoms with van der Waals surface area (Å²) >= 11 is 1.49. The summed E-state index contributed by atoms with van der Waals surface area (Å²) in [5, 5.41) is 8.89. The van der Waals surface area contributed by atoms with Crippen molar-refractivity contribution in [1.29, 1.82) is 0 Å². The molecule has 1 aromatic heterocycles. The molecule has 0 spiro atoms. The second-order valence-corrected chi connectivity index (χ2v) is 9.61. The number of carbonyl (C=O) groups is 2. The predicted octanol–water partition coefficient (Wildman–Crippen LogP) is 3.83. The zero-order valence-corrected chi connectivity index (χ0v) is 20.0. The van der Waals surface area contributed by atoms with E-state index in [-0.39, 0.29) is 30.0 Å². The number of amidine groups is 1. The van der Waals surface area contributed by atoms with Gasteiger partial charge in [0.1, 0.15) is 17.3 Å². The Balaban J connectivity index is 1.15. The SMILES string of the molecule is O=C(Nc1cccc(C2=NCCN2)c1)c1csc(C2CCN(C(=O)Cc3ccc(F)cc3)CC2)n1. The van der Waals surface area contributed by atoms with Crippen LogP contribution in [0.3, 0.4) is 0 Å². The molecular formula is C26H26FN5O2S. The average Bonchev–Trinajstić information content (AvgIpc) is 3.59. The van der Waals surface area contributed by atoms with Gasteiger partial charge in [-0.3, -0.25) is 14.6 Å². The minimum Gasteiger partial charge on any atom is -0.368 e. The Hall–Kier alpha value is -3.59. The maximum Gasteiger partial charge on any atom is 0.275 e. The van der Waals surface area contributed by atoms with E-state index in [9.17, 15) is 14.0 Å². The molecule has 35 heavy (non-hydrogen) atoms. The number of aliphatic imine (C=N–C) groups is 1. The van der Waals surface area contributed by atoms with Crippen LogP contribution >= 0.6 is 11.3 Å². The highest BCUT2D eigenvalue weighted by Crippen LogP contribution is 2.31. The van der Waals surface area contributed by atoms with Crippen LogP contribution in [0.15, 0.2) is 58.9 Å². The van der Waals surface area contributed by atoms with Crippen molar-refractivity contribution in [2.75, 3.05) is 31.5 Å². The molecule has 2 aliphatic rings. The smallest absolute Gasteiger partial charge is 0.275 e. The van der Waals surface area contributed by atoms with Crippen LogP contribution < -0.4 is 10.6 Å². The fourth-order valence-electron chi connectivity index (χ4n) is 4.37. The fourth-order valence-corrected chi connectivity index (χ4v) is 5.35. The van der Waals surface area contributed by atoms with Gasteiger partial charge in [0.2, 0.25) is 5.91 Å². The first-order chi connectivity index (χ1) is 17.0. The number of amides is 2. The predicted molar refractivity (Wildman–Crippen MR) is 135 cm³/mol. The van der Waals surface area contributed by atoms with E-state index in [1.54, 1.807) is 17.5 Å². The van der Waals surface area contributed by atoms with E-state index in [0.29, 0.717) is 24.5 Å². The van der Waals surface area contributed by atoms with Crippen LogP contribution in [0.4, 0.5) is 10.1 Å². The third-order valence-electron chi connectivity index (χ3n) is 6.29. The number of halogens is 1. The van der Waals surface area contributed by atoms with Crippen molar-refractivity contribution < 1.29 is 14.0 Å². The van der Waals surface area contributed by atoms with Crippen molar-refractivity contribution >= 4 is 34.7 Å². The lowest BCUT2D eigenvalue weighted by molar-refractivity contribution is -0.131. The molecule has 1 saturated heterocycles. The molecule has 180 valence electrons. The minimum atomic E-state index is -0.302. The van der Waals surface area contributed by atoms with Crippen molar-refractivity contribution in [2.45, 2.75) is 25.2 Å². The van der Waals surface area contributed by atoms with E-state index in [4.69, 9.17) is 0 Å². The minimum absolute atomic E-state index is 0.0512. The first-order valence-electron chi connectivity index (χ1n) is 11.7. The van der Waals surface area contributed by atoms with Crippen LogP contribution in [-0.2, 0) is 11.2 Å². The molecule has 0 aliphatic carbocycles. The van der Waals surface area contributed by atoms with Gasteiger partial charge in [-0.15, -0.1) is 11.3 Å². The first-order valence-corrected chi connectivity index (χ1v) is 12.6. The number of piperidine rings is 1. The molecule has 9 heteroatoms. The molecule has 5 rings (SSSR count). The standard InChI is InChI=1S/C26H26FN5O2S/c27-20-6-4-17(5-7-20)14-23(33)32-12-8-18(9-13-32)26-31-22(16-35-26)25(34)30-21-3-1-2-19(15-21)24-28-10-11-29-24/h1-7,15-16,18H,8-14H2,(H,28,29)(H,30,34). The molecule has 1 fully saturated rings. The van der Waals surface area contributed by atoms with Gasteiger partial charge >= 0.3 is 0 Å². The van der Waals surface area contributed by atoms with Gasteiger partial charge in [0, 0.05) is 42.2 Å². The van der Waals surface area contributed by atoms with Crippen LogP contribution in [0, 0.1) is 5.82 Å². The largest absolute Gasteiger partial charge is 0.368 e. The lowest BCUT2D eigenvalue weighted by Gasteiger charge is -2.31. The molecule has 0 radical (unpaired) electrons. The summed E-state index contributed by atoms with van der Waals surface area (Å²) in [6.45, 7) is 2.89. The second kappa shape index (κ2) is 10.4. The number of rotatable bonds is 6. The molecule has 2 aliphatic heterocycles. The molecule has 0 bridgehead atoms. The number of thiazole rings is 1. The van der Waals surface area contributed by atoms with Crippen LogP contribution in [0.2, 0.25) is 0 Å². The fraction of sp³-hybridized carbons (Fsp3) is 0.308. The number of nitrogens with one attached hydrogen (secondary N) is 2. The summed E-state index contributed by atoms with van der Waals surface area (Å²) in [6, 6.07) is 13.7. The number of hydrogen-bond acceptors (Lipinski definition) is 6. The van der Waals surface area contributed by atoms with Gasteiger partial charge < -0.3 is 15.5 Å². The Bertz CT molecular complexity index is 1250. The normalized spacial score (nSPS) is 16.0. The molecular weight excluding hydrogens is 465 g/mol. The van der Waals surface area contributed by atoms with E-state index < -0.39 is 0 Å². The summed E-state index contributed by atoms with van der Waals surface area (Å²) in [7, 11) is 0. The highest BCUT2D eigenvalue weighted by Gasteiger charge is 2.26. The van der Waals surface area contributed by atoms with E-state index in [1.807, 2.05) is 29.2 Å². The van der Waals surface area contributed by atoms with Gasteiger partial charge in [-0.25, -0.2) is 9.37 Å². The third kappa shape index (κ3) is 5.57. The lowest BCUT2D eigenvalue weighted by Crippen LogP contribution is -2.38. The summed E-state index contributed by atoms with van der Waals surface area (Å²) in [5.74, 6) is 0.585. The van der Waals surface area contributed by atoms with Crippen LogP contribution in [0.5, 0.6) is 0 Å². The number of anilines is 1. The van der Waals surface area contributed by atoms with E-state index >= 15 is 0 Å². The maximum atomic E-state index is 13.1. The number of hydrogen-bond donors (Lipinski definition) is 2. The molecule has 0 saturated carbocycles. The summed E-state index contributed by atoms with van der Waals surface area (Å²) < 4.78 is 13.1. The summed E-state index contributed by atoms with van der Waals surface area (Å²) in [5.41, 5.74) is 2.86. The monoisotopic (exact) mass is 491 g/mol. The number of aromatic nitrogens is 1. The highest BCUT2D eigenvalue weighted by molar-refractivity contribution is 7.10. The molecule has 3 heterocycles.